The maximum absolute atomic E-state index is 5.73. The van der Waals surface area contributed by atoms with Gasteiger partial charge >= 0.3 is 0 Å². The summed E-state index contributed by atoms with van der Waals surface area (Å²) in [4.78, 5) is 9.19. The zero-order valence-corrected chi connectivity index (χ0v) is 11.8. The van der Waals surface area contributed by atoms with Gasteiger partial charge in [0.15, 0.2) is 5.58 Å². The first-order valence-corrected chi connectivity index (χ1v) is 7.01. The van der Waals surface area contributed by atoms with Gasteiger partial charge in [0.05, 0.1) is 0 Å². The number of nitrogens with one attached hydrogen (secondary N) is 1. The predicted octanol–water partition coefficient (Wildman–Crippen LogP) is 1.07. The second-order valence-electron chi connectivity index (χ2n) is 5.32. The summed E-state index contributed by atoms with van der Waals surface area (Å²) in [7, 11) is 2.17. The lowest BCUT2D eigenvalue weighted by molar-refractivity contribution is 0.158. The maximum Gasteiger partial charge on any atom is 0.295 e. The molecule has 1 aliphatic rings. The molecule has 0 radical (unpaired) electrons. The molecule has 3 rings (SSSR count). The number of benzene rings is 1. The van der Waals surface area contributed by atoms with Crippen molar-refractivity contribution in [3.63, 3.8) is 0 Å². The summed E-state index contributed by atoms with van der Waals surface area (Å²) < 4.78 is 5.62. The summed E-state index contributed by atoms with van der Waals surface area (Å²) in [5.74, 6) is 0. The van der Waals surface area contributed by atoms with E-state index in [1.54, 1.807) is 0 Å². The van der Waals surface area contributed by atoms with Crippen molar-refractivity contribution >= 4 is 22.8 Å². The molecule has 1 aromatic heterocycles. The molecule has 3 N–H and O–H groups in total. The second-order valence-corrected chi connectivity index (χ2v) is 5.32. The number of hydrogen-bond acceptors (Lipinski definition) is 6. The fourth-order valence-corrected chi connectivity index (χ4v) is 2.41. The second kappa shape index (κ2) is 5.68. The van der Waals surface area contributed by atoms with E-state index in [1.165, 1.54) is 0 Å². The highest BCUT2D eigenvalue weighted by Gasteiger charge is 2.13. The quantitative estimate of drug-likeness (QED) is 0.813. The summed E-state index contributed by atoms with van der Waals surface area (Å²) in [6.07, 6.45) is 0. The number of oxazole rings is 1. The molecule has 6 nitrogen and oxygen atoms in total. The van der Waals surface area contributed by atoms with Gasteiger partial charge in [-0.1, -0.05) is 0 Å². The van der Waals surface area contributed by atoms with E-state index in [0.717, 1.165) is 50.4 Å². The van der Waals surface area contributed by atoms with Crippen LogP contribution in [-0.4, -0.2) is 61.1 Å². The molecular weight excluding hydrogens is 254 g/mol. The predicted molar refractivity (Wildman–Crippen MR) is 80.8 cm³/mol. The molecule has 2 heterocycles. The molecule has 0 saturated carbocycles. The van der Waals surface area contributed by atoms with Gasteiger partial charge in [-0.15, -0.1) is 0 Å². The van der Waals surface area contributed by atoms with Crippen molar-refractivity contribution in [1.82, 2.24) is 14.8 Å². The first-order valence-electron chi connectivity index (χ1n) is 7.01. The molecule has 1 aliphatic heterocycles. The van der Waals surface area contributed by atoms with Gasteiger partial charge in [0.1, 0.15) is 5.52 Å². The van der Waals surface area contributed by atoms with Crippen molar-refractivity contribution < 1.29 is 4.42 Å². The number of aromatic nitrogens is 1. The van der Waals surface area contributed by atoms with Crippen LogP contribution in [0.3, 0.4) is 0 Å². The van der Waals surface area contributed by atoms with Gasteiger partial charge in [0, 0.05) is 45.0 Å². The molecule has 6 heteroatoms. The third-order valence-corrected chi connectivity index (χ3v) is 3.71. The Balaban J connectivity index is 1.52. The van der Waals surface area contributed by atoms with E-state index in [9.17, 15) is 0 Å². The van der Waals surface area contributed by atoms with E-state index in [0.29, 0.717) is 11.7 Å². The molecule has 2 aromatic rings. The summed E-state index contributed by atoms with van der Waals surface area (Å²) in [5, 5.41) is 3.24. The minimum absolute atomic E-state index is 0.569. The van der Waals surface area contributed by atoms with Crippen molar-refractivity contribution in [3.05, 3.63) is 18.2 Å². The number of anilines is 2. The number of rotatable bonds is 4. The van der Waals surface area contributed by atoms with Gasteiger partial charge in [-0.2, -0.15) is 4.98 Å². The van der Waals surface area contributed by atoms with Crippen LogP contribution in [0, 0.1) is 0 Å². The molecule has 1 saturated heterocycles. The first kappa shape index (κ1) is 13.2. The van der Waals surface area contributed by atoms with Gasteiger partial charge in [0.25, 0.3) is 6.01 Å². The number of hydrogen-bond donors (Lipinski definition) is 2. The Kier molecular flexibility index (Phi) is 3.75. The number of nitrogens with zero attached hydrogens (tertiary/aromatic N) is 3. The minimum atomic E-state index is 0.569. The normalized spacial score (nSPS) is 17.6. The summed E-state index contributed by atoms with van der Waals surface area (Å²) >= 11 is 0. The SMILES string of the molecule is CN1CCN(CCNc2nc3cc(N)ccc3o2)CC1. The average molecular weight is 275 g/mol. The van der Waals surface area contributed by atoms with Gasteiger partial charge in [-0.25, -0.2) is 0 Å². The van der Waals surface area contributed by atoms with E-state index < -0.39 is 0 Å². The number of fused-ring (bicyclic) bond motifs is 1. The van der Waals surface area contributed by atoms with Crippen LogP contribution in [0.5, 0.6) is 0 Å². The molecular formula is C14H21N5O. The molecule has 0 atom stereocenters. The Bertz CT molecular complexity index is 574. The van der Waals surface area contributed by atoms with E-state index in [1.807, 2.05) is 18.2 Å². The highest BCUT2D eigenvalue weighted by atomic mass is 16.4. The summed E-state index contributed by atoms with van der Waals surface area (Å²) in [5.41, 5.74) is 8.00. The Morgan fingerprint density at radius 1 is 1.30 bits per heavy atom. The van der Waals surface area contributed by atoms with Crippen LogP contribution in [0.25, 0.3) is 11.1 Å². The Morgan fingerprint density at radius 3 is 2.90 bits per heavy atom. The average Bonchev–Trinajstić information content (AvgIpc) is 2.83. The summed E-state index contributed by atoms with van der Waals surface area (Å²) in [6.45, 7) is 6.38. The lowest BCUT2D eigenvalue weighted by Crippen LogP contribution is -2.45. The number of nitrogens with two attached hydrogens (primary N) is 1. The molecule has 0 bridgehead atoms. The zero-order chi connectivity index (χ0) is 13.9. The fraction of sp³-hybridized carbons (Fsp3) is 0.500. The molecule has 20 heavy (non-hydrogen) atoms. The Labute approximate surface area is 118 Å². The Hall–Kier alpha value is -1.79. The number of piperazine rings is 1. The van der Waals surface area contributed by atoms with Crippen molar-refractivity contribution in [2.75, 3.05) is 57.4 Å². The summed E-state index contributed by atoms with van der Waals surface area (Å²) in [6, 6.07) is 6.06. The maximum atomic E-state index is 5.73. The van der Waals surface area contributed by atoms with Crippen molar-refractivity contribution in [3.8, 4) is 0 Å². The molecule has 0 amide bonds. The molecule has 1 aromatic carbocycles. The minimum Gasteiger partial charge on any atom is -0.424 e. The highest BCUT2D eigenvalue weighted by molar-refractivity contribution is 5.78. The van der Waals surface area contributed by atoms with E-state index in [-0.39, 0.29) is 0 Å². The monoisotopic (exact) mass is 275 g/mol. The van der Waals surface area contributed by atoms with Crippen molar-refractivity contribution in [2.24, 2.45) is 0 Å². The van der Waals surface area contributed by atoms with Crippen LogP contribution in [-0.2, 0) is 0 Å². The molecule has 0 aliphatic carbocycles. The largest absolute Gasteiger partial charge is 0.424 e. The molecule has 1 fully saturated rings. The van der Waals surface area contributed by atoms with E-state index in [2.05, 4.69) is 27.1 Å². The smallest absolute Gasteiger partial charge is 0.295 e. The van der Waals surface area contributed by atoms with Crippen LogP contribution in [0.15, 0.2) is 22.6 Å². The highest BCUT2D eigenvalue weighted by Crippen LogP contribution is 2.20. The molecule has 108 valence electrons. The van der Waals surface area contributed by atoms with E-state index >= 15 is 0 Å². The molecule has 0 unspecified atom stereocenters. The lowest BCUT2D eigenvalue weighted by atomic mass is 10.3. The van der Waals surface area contributed by atoms with E-state index in [4.69, 9.17) is 10.2 Å². The fourth-order valence-electron chi connectivity index (χ4n) is 2.41. The van der Waals surface area contributed by atoms with Gasteiger partial charge in [-0.3, -0.25) is 4.90 Å². The topological polar surface area (TPSA) is 70.6 Å². The zero-order valence-electron chi connectivity index (χ0n) is 11.8. The van der Waals surface area contributed by atoms with Crippen LogP contribution < -0.4 is 11.1 Å². The number of nitrogen functional groups attached to an aromatic ring is 1. The molecule has 0 spiro atoms. The van der Waals surface area contributed by atoms with Crippen LogP contribution in [0.2, 0.25) is 0 Å². The number of likely N-dealkylation sites (N-methyl/N-ethyl adjacent to an activating group) is 1. The van der Waals surface area contributed by atoms with Crippen LogP contribution in [0.1, 0.15) is 0 Å². The van der Waals surface area contributed by atoms with Gasteiger partial charge < -0.3 is 20.4 Å². The standard InChI is InChI=1S/C14H21N5O/c1-18-6-8-19(9-7-18)5-4-16-14-17-12-10-11(15)2-3-13(12)20-14/h2-3,10H,4-9,15H2,1H3,(H,16,17). The van der Waals surface area contributed by atoms with Crippen LogP contribution in [0.4, 0.5) is 11.7 Å². The lowest BCUT2D eigenvalue weighted by Gasteiger charge is -2.32. The Morgan fingerprint density at radius 2 is 2.10 bits per heavy atom. The third-order valence-electron chi connectivity index (χ3n) is 3.71. The van der Waals surface area contributed by atoms with Crippen molar-refractivity contribution in [1.29, 1.82) is 0 Å². The van der Waals surface area contributed by atoms with Gasteiger partial charge in [-0.05, 0) is 25.2 Å². The first-order chi connectivity index (χ1) is 9.70. The van der Waals surface area contributed by atoms with Gasteiger partial charge in [0.2, 0.25) is 0 Å². The third kappa shape index (κ3) is 3.02. The van der Waals surface area contributed by atoms with Crippen molar-refractivity contribution in [2.45, 2.75) is 0 Å². The van der Waals surface area contributed by atoms with Crippen LogP contribution >= 0.6 is 0 Å².